The highest BCUT2D eigenvalue weighted by molar-refractivity contribution is 4.94. The van der Waals surface area contributed by atoms with E-state index in [1.165, 1.54) is 38.5 Å². The van der Waals surface area contributed by atoms with Gasteiger partial charge in [0.2, 0.25) is 0 Å². The zero-order chi connectivity index (χ0) is 8.36. The molecule has 0 N–H and O–H groups in total. The average molecular weight is 152 g/mol. The maximum Gasteiger partial charge on any atom is -0.0467 e. The molecule has 1 aliphatic rings. The predicted octanol–water partition coefficient (Wildman–Crippen LogP) is 4.09. The second kappa shape index (κ2) is 9.48. The van der Waals surface area contributed by atoms with Crippen LogP contribution in [0.5, 0.6) is 0 Å². The van der Waals surface area contributed by atoms with Crippen molar-refractivity contribution in [1.29, 1.82) is 0 Å². The van der Waals surface area contributed by atoms with Crippen molar-refractivity contribution in [2.75, 3.05) is 0 Å². The average Bonchev–Trinajstić information content (AvgIpc) is 2.10. The van der Waals surface area contributed by atoms with E-state index in [1.807, 2.05) is 19.1 Å². The van der Waals surface area contributed by atoms with E-state index >= 15 is 0 Å². The van der Waals surface area contributed by atoms with E-state index in [-0.39, 0.29) is 0 Å². The summed E-state index contributed by atoms with van der Waals surface area (Å²) in [5.41, 5.74) is 0. The van der Waals surface area contributed by atoms with Gasteiger partial charge in [0.15, 0.2) is 0 Å². The molecule has 0 atom stereocenters. The molecule has 0 saturated heterocycles. The summed E-state index contributed by atoms with van der Waals surface area (Å²) in [5.74, 6) is 0. The van der Waals surface area contributed by atoms with E-state index in [0.717, 1.165) is 0 Å². The minimum atomic E-state index is 1.50. The molecule has 11 heavy (non-hydrogen) atoms. The zero-order valence-electron chi connectivity index (χ0n) is 7.68. The monoisotopic (exact) mass is 152 g/mol. The van der Waals surface area contributed by atoms with Crippen LogP contribution in [0.2, 0.25) is 0 Å². The summed E-state index contributed by atoms with van der Waals surface area (Å²) in [4.78, 5) is 0. The Labute approximate surface area is 71.0 Å². The van der Waals surface area contributed by atoms with Crippen LogP contribution in [-0.4, -0.2) is 0 Å². The topological polar surface area (TPSA) is 0 Å². The Morgan fingerprint density at radius 3 is 1.36 bits per heavy atom. The minimum Gasteiger partial charge on any atom is -0.0991 e. The summed E-state index contributed by atoms with van der Waals surface area (Å²) in [6, 6.07) is 0. The summed E-state index contributed by atoms with van der Waals surface area (Å²) >= 11 is 0. The Morgan fingerprint density at radius 2 is 1.27 bits per heavy atom. The van der Waals surface area contributed by atoms with Crippen LogP contribution in [0.3, 0.4) is 0 Å². The lowest BCUT2D eigenvalue weighted by Gasteiger charge is -2.05. The summed E-state index contributed by atoms with van der Waals surface area (Å²) in [6.07, 6.45) is 14.6. The quantitative estimate of drug-likeness (QED) is 0.496. The van der Waals surface area contributed by atoms with E-state index in [1.54, 1.807) is 6.08 Å². The molecule has 1 rings (SSSR count). The molecule has 64 valence electrons. The van der Waals surface area contributed by atoms with Gasteiger partial charge in [-0.15, -0.1) is 0 Å². The summed E-state index contributed by atoms with van der Waals surface area (Å²) in [7, 11) is 0. The Hall–Kier alpha value is -0.520. The molecule has 1 saturated carbocycles. The van der Waals surface area contributed by atoms with Crippen LogP contribution in [0.1, 0.15) is 45.4 Å². The Balaban J connectivity index is 0.000000187. The molecule has 0 aliphatic heterocycles. The van der Waals surface area contributed by atoms with E-state index in [2.05, 4.69) is 6.58 Å². The molecule has 0 nitrogen and oxygen atoms in total. The van der Waals surface area contributed by atoms with Crippen LogP contribution in [0.4, 0.5) is 0 Å². The molecule has 0 bridgehead atoms. The largest absolute Gasteiger partial charge is 0.0991 e. The first-order valence-corrected chi connectivity index (χ1v) is 4.65. The third-order valence-corrected chi connectivity index (χ3v) is 1.83. The number of allylic oxidation sites excluding steroid dienone is 3. The molecule has 1 fully saturated rings. The molecule has 0 spiro atoms. The Morgan fingerprint density at radius 1 is 0.909 bits per heavy atom. The van der Waals surface area contributed by atoms with Crippen LogP contribution < -0.4 is 0 Å². The standard InChI is InChI=1S/C6H12.C5H8/c1-2-4-6-5-3-1;1-3-5-4-2/h1-6H2;3-5H,1H2,2H3. The summed E-state index contributed by atoms with van der Waals surface area (Å²) in [6.45, 7) is 5.42. The van der Waals surface area contributed by atoms with Crippen molar-refractivity contribution in [3.8, 4) is 0 Å². The first kappa shape index (κ1) is 10.5. The van der Waals surface area contributed by atoms with Gasteiger partial charge in [-0.3, -0.25) is 0 Å². The van der Waals surface area contributed by atoms with Gasteiger partial charge in [-0.05, 0) is 6.92 Å². The number of rotatable bonds is 1. The van der Waals surface area contributed by atoms with Gasteiger partial charge in [-0.25, -0.2) is 0 Å². The van der Waals surface area contributed by atoms with Crippen molar-refractivity contribution in [3.05, 3.63) is 24.8 Å². The molecule has 0 amide bonds. The van der Waals surface area contributed by atoms with E-state index in [0.29, 0.717) is 0 Å². The second-order valence-corrected chi connectivity index (χ2v) is 2.88. The van der Waals surface area contributed by atoms with Crippen molar-refractivity contribution in [1.82, 2.24) is 0 Å². The Kier molecular flexibility index (Phi) is 9.03. The third kappa shape index (κ3) is 9.48. The Bertz CT molecular complexity index is 85.1. The zero-order valence-corrected chi connectivity index (χ0v) is 7.68. The predicted molar refractivity (Wildman–Crippen MR) is 52.7 cm³/mol. The lowest BCUT2D eigenvalue weighted by molar-refractivity contribution is 0.504. The molecular formula is C11H20. The first-order chi connectivity index (χ1) is 5.41. The third-order valence-electron chi connectivity index (χ3n) is 1.83. The van der Waals surface area contributed by atoms with E-state index in [4.69, 9.17) is 0 Å². The first-order valence-electron chi connectivity index (χ1n) is 4.65. The van der Waals surface area contributed by atoms with Crippen LogP contribution >= 0.6 is 0 Å². The lowest BCUT2D eigenvalue weighted by Crippen LogP contribution is -1.85. The summed E-state index contributed by atoms with van der Waals surface area (Å²) < 4.78 is 0. The van der Waals surface area contributed by atoms with Crippen LogP contribution in [-0.2, 0) is 0 Å². The summed E-state index contributed by atoms with van der Waals surface area (Å²) in [5, 5.41) is 0. The van der Waals surface area contributed by atoms with Crippen LogP contribution in [0.15, 0.2) is 24.8 Å². The van der Waals surface area contributed by atoms with Crippen molar-refractivity contribution in [3.63, 3.8) is 0 Å². The molecule has 0 radical (unpaired) electrons. The molecule has 0 unspecified atom stereocenters. The van der Waals surface area contributed by atoms with Gasteiger partial charge in [-0.1, -0.05) is 63.3 Å². The van der Waals surface area contributed by atoms with Gasteiger partial charge in [-0.2, -0.15) is 0 Å². The minimum absolute atomic E-state index is 1.50. The highest BCUT2D eigenvalue weighted by Crippen LogP contribution is 2.15. The van der Waals surface area contributed by atoms with Gasteiger partial charge in [0.25, 0.3) is 0 Å². The van der Waals surface area contributed by atoms with E-state index in [9.17, 15) is 0 Å². The molecule has 0 heteroatoms. The van der Waals surface area contributed by atoms with Gasteiger partial charge >= 0.3 is 0 Å². The van der Waals surface area contributed by atoms with Crippen LogP contribution in [0, 0.1) is 0 Å². The van der Waals surface area contributed by atoms with Gasteiger partial charge in [0.05, 0.1) is 0 Å². The van der Waals surface area contributed by atoms with E-state index < -0.39 is 0 Å². The molecule has 1 aliphatic carbocycles. The number of hydrogen-bond donors (Lipinski definition) is 0. The SMILES string of the molecule is C1CCCCC1.C=CC=CC. The highest BCUT2D eigenvalue weighted by atomic mass is 14.0. The molecule has 0 aromatic carbocycles. The fraction of sp³-hybridized carbons (Fsp3) is 0.636. The maximum atomic E-state index is 3.46. The maximum absolute atomic E-state index is 3.46. The van der Waals surface area contributed by atoms with Crippen molar-refractivity contribution in [2.45, 2.75) is 45.4 Å². The van der Waals surface area contributed by atoms with Gasteiger partial charge in [0.1, 0.15) is 0 Å². The van der Waals surface area contributed by atoms with Gasteiger partial charge in [0, 0.05) is 0 Å². The smallest absolute Gasteiger partial charge is 0.0467 e. The molecule has 0 aromatic rings. The van der Waals surface area contributed by atoms with Crippen molar-refractivity contribution >= 4 is 0 Å². The molecular weight excluding hydrogens is 132 g/mol. The van der Waals surface area contributed by atoms with Crippen molar-refractivity contribution in [2.24, 2.45) is 0 Å². The highest BCUT2D eigenvalue weighted by Gasteiger charge is 1.95. The number of hydrogen-bond acceptors (Lipinski definition) is 0. The lowest BCUT2D eigenvalue weighted by atomic mass is 10.0. The fourth-order valence-corrected chi connectivity index (χ4v) is 1.20. The van der Waals surface area contributed by atoms with Crippen LogP contribution in [0.25, 0.3) is 0 Å². The molecule has 0 aromatic heterocycles. The second-order valence-electron chi connectivity index (χ2n) is 2.88. The van der Waals surface area contributed by atoms with Crippen molar-refractivity contribution < 1.29 is 0 Å². The fourth-order valence-electron chi connectivity index (χ4n) is 1.20. The molecule has 0 heterocycles. The normalized spacial score (nSPS) is 17.2. The van der Waals surface area contributed by atoms with Gasteiger partial charge < -0.3 is 0 Å².